The first-order valence-electron chi connectivity index (χ1n) is 11.6. The van der Waals surface area contributed by atoms with Gasteiger partial charge in [-0.05, 0) is 56.5 Å². The van der Waals surface area contributed by atoms with Gasteiger partial charge in [-0.2, -0.15) is 9.78 Å². The Morgan fingerprint density at radius 1 is 1.24 bits per heavy atom. The van der Waals surface area contributed by atoms with Crippen LogP contribution in [0.2, 0.25) is 0 Å². The van der Waals surface area contributed by atoms with Crippen molar-refractivity contribution in [3.63, 3.8) is 0 Å². The molecule has 0 unspecified atom stereocenters. The largest absolute Gasteiger partial charge is 0.493 e. The third kappa shape index (κ3) is 5.13. The molecule has 3 aromatic rings. The van der Waals surface area contributed by atoms with E-state index in [4.69, 9.17) is 14.5 Å². The molecule has 1 aliphatic carbocycles. The summed E-state index contributed by atoms with van der Waals surface area (Å²) in [6, 6.07) is 11.3. The average molecular weight is 512 g/mol. The summed E-state index contributed by atoms with van der Waals surface area (Å²) in [6.07, 6.45) is 8.12. The van der Waals surface area contributed by atoms with Gasteiger partial charge in [-0.15, -0.1) is 0 Å². The Morgan fingerprint density at radius 2 is 2.03 bits per heavy atom. The summed E-state index contributed by atoms with van der Waals surface area (Å²) >= 11 is 3.47. The molecular formula is C26H30BrN3O3. The fourth-order valence-electron chi connectivity index (χ4n) is 4.23. The van der Waals surface area contributed by atoms with Crippen LogP contribution < -0.4 is 15.0 Å². The van der Waals surface area contributed by atoms with Crippen molar-refractivity contribution in [3.8, 4) is 11.5 Å². The normalized spacial score (nSPS) is 15.8. The summed E-state index contributed by atoms with van der Waals surface area (Å²) in [5.41, 5.74) is 1.30. The van der Waals surface area contributed by atoms with Gasteiger partial charge in [0.05, 0.1) is 30.3 Å². The minimum absolute atomic E-state index is 0.0219. The van der Waals surface area contributed by atoms with Gasteiger partial charge in [-0.3, -0.25) is 4.79 Å². The van der Waals surface area contributed by atoms with Crippen LogP contribution in [0.1, 0.15) is 69.7 Å². The number of fused-ring (bicyclic) bond motifs is 1. The van der Waals surface area contributed by atoms with E-state index in [1.54, 1.807) is 13.3 Å². The first-order valence-corrected chi connectivity index (χ1v) is 12.4. The maximum Gasteiger partial charge on any atom is 0.282 e. The van der Waals surface area contributed by atoms with Gasteiger partial charge in [0.2, 0.25) is 0 Å². The minimum Gasteiger partial charge on any atom is -0.493 e. The van der Waals surface area contributed by atoms with Crippen LogP contribution in [0.25, 0.3) is 10.9 Å². The molecule has 1 fully saturated rings. The van der Waals surface area contributed by atoms with Crippen molar-refractivity contribution in [1.82, 2.24) is 9.66 Å². The molecule has 33 heavy (non-hydrogen) atoms. The smallest absolute Gasteiger partial charge is 0.282 e. The molecule has 2 aromatic carbocycles. The molecule has 0 amide bonds. The Hall–Kier alpha value is -2.67. The fourth-order valence-corrected chi connectivity index (χ4v) is 4.59. The van der Waals surface area contributed by atoms with Gasteiger partial charge in [-0.1, -0.05) is 48.2 Å². The molecule has 0 saturated heterocycles. The van der Waals surface area contributed by atoms with E-state index in [0.29, 0.717) is 22.4 Å². The lowest BCUT2D eigenvalue weighted by Gasteiger charge is -2.23. The van der Waals surface area contributed by atoms with E-state index in [2.05, 4.69) is 28.0 Å². The molecule has 0 radical (unpaired) electrons. The van der Waals surface area contributed by atoms with Gasteiger partial charge in [0.25, 0.3) is 5.56 Å². The Bertz CT molecular complexity index is 1220. The Morgan fingerprint density at radius 3 is 2.76 bits per heavy atom. The summed E-state index contributed by atoms with van der Waals surface area (Å²) < 4.78 is 14.0. The maximum atomic E-state index is 13.5. The number of methoxy groups -OCH3 is 1. The predicted molar refractivity (Wildman–Crippen MR) is 136 cm³/mol. The number of rotatable bonds is 7. The van der Waals surface area contributed by atoms with Crippen molar-refractivity contribution in [2.75, 3.05) is 7.11 Å². The zero-order valence-electron chi connectivity index (χ0n) is 19.4. The van der Waals surface area contributed by atoms with Crippen LogP contribution in [0.4, 0.5) is 0 Å². The number of para-hydroxylation sites is 1. The number of hydrogen-bond acceptors (Lipinski definition) is 5. The second-order valence-electron chi connectivity index (χ2n) is 8.54. The summed E-state index contributed by atoms with van der Waals surface area (Å²) in [5, 5.41) is 5.21. The van der Waals surface area contributed by atoms with Crippen molar-refractivity contribution in [2.24, 2.45) is 5.10 Å². The molecule has 1 saturated carbocycles. The van der Waals surface area contributed by atoms with E-state index >= 15 is 0 Å². The van der Waals surface area contributed by atoms with Gasteiger partial charge in [0, 0.05) is 16.0 Å². The minimum atomic E-state index is -0.162. The highest BCUT2D eigenvalue weighted by Gasteiger charge is 2.23. The summed E-state index contributed by atoms with van der Waals surface area (Å²) in [7, 11) is 1.62. The van der Waals surface area contributed by atoms with Crippen LogP contribution in [0, 0.1) is 0 Å². The van der Waals surface area contributed by atoms with Gasteiger partial charge < -0.3 is 9.47 Å². The highest BCUT2D eigenvalue weighted by molar-refractivity contribution is 9.10. The van der Waals surface area contributed by atoms with Crippen LogP contribution in [-0.4, -0.2) is 29.1 Å². The number of hydrogen-bond donors (Lipinski definition) is 0. The third-order valence-corrected chi connectivity index (χ3v) is 6.73. The molecule has 1 aliphatic rings. The average Bonchev–Trinajstić information content (AvgIpc) is 2.84. The van der Waals surface area contributed by atoms with E-state index < -0.39 is 0 Å². The van der Waals surface area contributed by atoms with Crippen LogP contribution in [0.3, 0.4) is 0 Å². The highest BCUT2D eigenvalue weighted by Crippen LogP contribution is 2.33. The number of aromatic nitrogens is 2. The van der Waals surface area contributed by atoms with Gasteiger partial charge in [0.15, 0.2) is 11.5 Å². The molecule has 0 bridgehead atoms. The SMILES string of the molecule is CC[C@@H](C)Oc1c(C=Nn2c(C3CCCCC3)nc3ccc(Br)cc3c2=O)cccc1OC. The first-order chi connectivity index (χ1) is 16.0. The van der Waals surface area contributed by atoms with Crippen molar-refractivity contribution in [2.45, 2.75) is 64.4 Å². The molecule has 0 aliphatic heterocycles. The summed E-state index contributed by atoms with van der Waals surface area (Å²) in [6.45, 7) is 4.09. The zero-order valence-corrected chi connectivity index (χ0v) is 21.0. The monoisotopic (exact) mass is 511 g/mol. The maximum absolute atomic E-state index is 13.5. The third-order valence-electron chi connectivity index (χ3n) is 6.24. The zero-order chi connectivity index (χ0) is 23.4. The number of halogens is 1. The van der Waals surface area contributed by atoms with E-state index in [1.165, 1.54) is 11.1 Å². The van der Waals surface area contributed by atoms with E-state index in [-0.39, 0.29) is 17.6 Å². The quantitative estimate of drug-likeness (QED) is 0.350. The Labute approximate surface area is 202 Å². The number of benzene rings is 2. The molecule has 174 valence electrons. The topological polar surface area (TPSA) is 65.7 Å². The van der Waals surface area contributed by atoms with Gasteiger partial charge in [0.1, 0.15) is 5.82 Å². The Kier molecular flexibility index (Phi) is 7.48. The van der Waals surface area contributed by atoms with Crippen LogP contribution in [0.5, 0.6) is 11.5 Å². The lowest BCUT2D eigenvalue weighted by Crippen LogP contribution is -2.25. The second kappa shape index (κ2) is 10.5. The summed E-state index contributed by atoms with van der Waals surface area (Å²) in [4.78, 5) is 18.4. The van der Waals surface area contributed by atoms with E-state index in [0.717, 1.165) is 48.0 Å². The molecule has 1 atom stereocenters. The lowest BCUT2D eigenvalue weighted by atomic mass is 9.88. The number of ether oxygens (including phenoxy) is 2. The standard InChI is InChI=1S/C26H30BrN3O3/c1-4-17(2)33-24-19(11-8-12-23(24)32-3)16-28-30-25(18-9-6-5-7-10-18)29-22-14-13-20(27)15-21(22)26(30)31/h8,11-18H,4-7,9-10H2,1-3H3/t17-/m1/s1. The molecular weight excluding hydrogens is 482 g/mol. The first kappa shape index (κ1) is 23.5. The molecule has 0 spiro atoms. The molecule has 4 rings (SSSR count). The van der Waals surface area contributed by atoms with E-state index in [1.807, 2.05) is 43.3 Å². The fraction of sp³-hybridized carbons (Fsp3) is 0.423. The predicted octanol–water partition coefficient (Wildman–Crippen LogP) is 6.27. The van der Waals surface area contributed by atoms with Crippen molar-refractivity contribution in [1.29, 1.82) is 0 Å². The van der Waals surface area contributed by atoms with Crippen molar-refractivity contribution in [3.05, 3.63) is 62.6 Å². The Balaban J connectivity index is 1.84. The lowest BCUT2D eigenvalue weighted by molar-refractivity contribution is 0.207. The molecule has 0 N–H and O–H groups in total. The van der Waals surface area contributed by atoms with Crippen LogP contribution >= 0.6 is 15.9 Å². The second-order valence-corrected chi connectivity index (χ2v) is 9.46. The van der Waals surface area contributed by atoms with Gasteiger partial charge in [-0.25, -0.2) is 4.98 Å². The van der Waals surface area contributed by atoms with Crippen molar-refractivity contribution < 1.29 is 9.47 Å². The molecule has 7 heteroatoms. The van der Waals surface area contributed by atoms with Crippen LogP contribution in [-0.2, 0) is 0 Å². The molecule has 6 nitrogen and oxygen atoms in total. The highest BCUT2D eigenvalue weighted by atomic mass is 79.9. The van der Waals surface area contributed by atoms with E-state index in [9.17, 15) is 4.79 Å². The molecule has 1 aromatic heterocycles. The van der Waals surface area contributed by atoms with Crippen LogP contribution in [0.15, 0.2) is 50.8 Å². The number of nitrogens with zero attached hydrogens (tertiary/aromatic N) is 3. The summed E-state index contributed by atoms with van der Waals surface area (Å²) in [5.74, 6) is 2.22. The molecule has 1 heterocycles. The van der Waals surface area contributed by atoms with Gasteiger partial charge >= 0.3 is 0 Å². The van der Waals surface area contributed by atoms with Crippen molar-refractivity contribution >= 4 is 33.0 Å².